The zero-order valence-corrected chi connectivity index (χ0v) is 12.0. The normalized spacial score (nSPS) is 22.5. The zero-order chi connectivity index (χ0) is 13.8. The van der Waals surface area contributed by atoms with Crippen molar-refractivity contribution in [2.75, 3.05) is 19.6 Å². The molecule has 20 heavy (non-hydrogen) atoms. The number of fused-ring (bicyclic) bond motifs is 1. The maximum atomic E-state index is 12.1. The van der Waals surface area contributed by atoms with Gasteiger partial charge in [-0.1, -0.05) is 24.3 Å². The molecule has 108 valence electrons. The van der Waals surface area contributed by atoms with Crippen LogP contribution in [0.25, 0.3) is 0 Å². The summed E-state index contributed by atoms with van der Waals surface area (Å²) in [6.07, 6.45) is 5.28. The number of piperidine rings is 1. The second-order valence-corrected chi connectivity index (χ2v) is 6.14. The van der Waals surface area contributed by atoms with E-state index in [2.05, 4.69) is 34.9 Å². The predicted molar refractivity (Wildman–Crippen MR) is 80.7 cm³/mol. The first-order chi connectivity index (χ1) is 9.83. The molecule has 0 aromatic heterocycles. The third kappa shape index (κ3) is 3.21. The van der Waals surface area contributed by atoms with Gasteiger partial charge < -0.3 is 10.6 Å². The summed E-state index contributed by atoms with van der Waals surface area (Å²) in [6, 6.07) is 8.57. The minimum absolute atomic E-state index is 0.227. The molecular weight excluding hydrogens is 248 g/mol. The van der Waals surface area contributed by atoms with E-state index in [9.17, 15) is 4.79 Å². The monoisotopic (exact) mass is 272 g/mol. The van der Waals surface area contributed by atoms with Crippen molar-refractivity contribution in [1.29, 1.82) is 0 Å². The van der Waals surface area contributed by atoms with Gasteiger partial charge in [0, 0.05) is 13.0 Å². The highest BCUT2D eigenvalue weighted by Gasteiger charge is 2.24. The first kappa shape index (κ1) is 13.6. The minimum Gasteiger partial charge on any atom is -0.356 e. The van der Waals surface area contributed by atoms with Crippen LogP contribution in [-0.4, -0.2) is 25.5 Å². The van der Waals surface area contributed by atoms with Crippen LogP contribution in [0.15, 0.2) is 24.3 Å². The van der Waals surface area contributed by atoms with Crippen LogP contribution in [0.4, 0.5) is 0 Å². The van der Waals surface area contributed by atoms with Gasteiger partial charge in [0.15, 0.2) is 0 Å². The van der Waals surface area contributed by atoms with Crippen molar-refractivity contribution in [2.45, 2.75) is 38.0 Å². The van der Waals surface area contributed by atoms with Gasteiger partial charge in [-0.3, -0.25) is 4.79 Å². The number of hydrogen-bond acceptors (Lipinski definition) is 2. The van der Waals surface area contributed by atoms with Crippen LogP contribution < -0.4 is 10.6 Å². The molecule has 0 saturated carbocycles. The van der Waals surface area contributed by atoms with Crippen molar-refractivity contribution in [1.82, 2.24) is 10.6 Å². The van der Waals surface area contributed by atoms with Crippen LogP contribution in [0.5, 0.6) is 0 Å². The lowest BCUT2D eigenvalue weighted by atomic mass is 9.96. The molecule has 1 fully saturated rings. The Balaban J connectivity index is 1.47. The predicted octanol–water partition coefficient (Wildman–Crippen LogP) is 2.22. The fourth-order valence-corrected chi connectivity index (χ4v) is 3.50. The summed E-state index contributed by atoms with van der Waals surface area (Å²) >= 11 is 0. The molecule has 2 N–H and O–H groups in total. The van der Waals surface area contributed by atoms with Crippen molar-refractivity contribution in [2.24, 2.45) is 5.92 Å². The van der Waals surface area contributed by atoms with E-state index >= 15 is 0 Å². The fraction of sp³-hybridized carbons (Fsp3) is 0.588. The number of rotatable bonds is 4. The summed E-state index contributed by atoms with van der Waals surface area (Å²) in [5, 5.41) is 6.50. The van der Waals surface area contributed by atoms with Gasteiger partial charge in [-0.05, 0) is 61.7 Å². The molecule has 1 heterocycles. The quantitative estimate of drug-likeness (QED) is 0.882. The minimum atomic E-state index is 0.227. The standard InChI is InChI=1S/C17H24N2O/c20-17(19-12-13-7-9-18-10-8-13)11-15-6-5-14-3-1-2-4-16(14)15/h1-4,13,15,18H,5-12H2,(H,19,20)/t15-/m1/s1. The molecule has 0 bridgehead atoms. The summed E-state index contributed by atoms with van der Waals surface area (Å²) < 4.78 is 0. The Morgan fingerprint density at radius 1 is 1.20 bits per heavy atom. The van der Waals surface area contributed by atoms with Crippen molar-refractivity contribution >= 4 is 5.91 Å². The maximum absolute atomic E-state index is 12.1. The Morgan fingerprint density at radius 3 is 2.85 bits per heavy atom. The summed E-state index contributed by atoms with van der Waals surface area (Å²) in [7, 11) is 0. The van der Waals surface area contributed by atoms with Gasteiger partial charge in [-0.15, -0.1) is 0 Å². The molecule has 0 radical (unpaired) electrons. The number of hydrogen-bond donors (Lipinski definition) is 2. The van der Waals surface area contributed by atoms with Crippen LogP contribution in [0, 0.1) is 5.92 Å². The van der Waals surface area contributed by atoms with E-state index in [-0.39, 0.29) is 5.91 Å². The number of aryl methyl sites for hydroxylation is 1. The van der Waals surface area contributed by atoms with Crippen LogP contribution in [0.2, 0.25) is 0 Å². The van der Waals surface area contributed by atoms with E-state index in [1.807, 2.05) is 0 Å². The van der Waals surface area contributed by atoms with Crippen molar-refractivity contribution < 1.29 is 4.79 Å². The molecule has 1 amide bonds. The van der Waals surface area contributed by atoms with Crippen LogP contribution in [0.3, 0.4) is 0 Å². The summed E-state index contributed by atoms with van der Waals surface area (Å²) in [6.45, 7) is 3.04. The SMILES string of the molecule is O=C(C[C@H]1CCc2ccccc21)NCC1CCNCC1. The molecule has 1 aliphatic carbocycles. The topological polar surface area (TPSA) is 41.1 Å². The molecule has 3 heteroatoms. The Bertz CT molecular complexity index is 466. The molecule has 1 aromatic rings. The van der Waals surface area contributed by atoms with Gasteiger partial charge in [0.05, 0.1) is 0 Å². The van der Waals surface area contributed by atoms with E-state index in [1.165, 1.54) is 24.0 Å². The van der Waals surface area contributed by atoms with Gasteiger partial charge in [-0.25, -0.2) is 0 Å². The smallest absolute Gasteiger partial charge is 0.220 e. The molecule has 0 spiro atoms. The van der Waals surface area contributed by atoms with Crippen molar-refractivity contribution in [3.63, 3.8) is 0 Å². The van der Waals surface area contributed by atoms with Gasteiger partial charge in [0.1, 0.15) is 0 Å². The molecule has 2 aliphatic rings. The van der Waals surface area contributed by atoms with Gasteiger partial charge in [-0.2, -0.15) is 0 Å². The van der Waals surface area contributed by atoms with E-state index in [0.717, 1.165) is 32.5 Å². The Labute approximate surface area is 121 Å². The highest BCUT2D eigenvalue weighted by atomic mass is 16.1. The van der Waals surface area contributed by atoms with E-state index in [4.69, 9.17) is 0 Å². The van der Waals surface area contributed by atoms with E-state index < -0.39 is 0 Å². The number of benzene rings is 1. The summed E-state index contributed by atoms with van der Waals surface area (Å²) in [5.74, 6) is 1.32. The van der Waals surface area contributed by atoms with E-state index in [0.29, 0.717) is 18.3 Å². The number of carbonyl (C=O) groups excluding carboxylic acids is 1. The zero-order valence-electron chi connectivity index (χ0n) is 12.0. The number of nitrogens with one attached hydrogen (secondary N) is 2. The van der Waals surface area contributed by atoms with Crippen molar-refractivity contribution in [3.8, 4) is 0 Å². The average molecular weight is 272 g/mol. The first-order valence-corrected chi connectivity index (χ1v) is 7.88. The summed E-state index contributed by atoms with van der Waals surface area (Å²) in [5.41, 5.74) is 2.83. The third-order valence-electron chi connectivity index (χ3n) is 4.74. The molecular formula is C17H24N2O. The second kappa shape index (κ2) is 6.40. The fourth-order valence-electron chi connectivity index (χ4n) is 3.50. The maximum Gasteiger partial charge on any atom is 0.220 e. The lowest BCUT2D eigenvalue weighted by Gasteiger charge is -2.23. The Kier molecular flexibility index (Phi) is 4.36. The van der Waals surface area contributed by atoms with Crippen molar-refractivity contribution in [3.05, 3.63) is 35.4 Å². The molecule has 0 unspecified atom stereocenters. The molecule has 1 aliphatic heterocycles. The third-order valence-corrected chi connectivity index (χ3v) is 4.74. The van der Waals surface area contributed by atoms with Crippen LogP contribution in [-0.2, 0) is 11.2 Å². The lowest BCUT2D eigenvalue weighted by molar-refractivity contribution is -0.121. The lowest BCUT2D eigenvalue weighted by Crippen LogP contribution is -2.36. The number of carbonyl (C=O) groups is 1. The second-order valence-electron chi connectivity index (χ2n) is 6.14. The van der Waals surface area contributed by atoms with Gasteiger partial charge in [0.25, 0.3) is 0 Å². The van der Waals surface area contributed by atoms with E-state index in [1.54, 1.807) is 0 Å². The highest BCUT2D eigenvalue weighted by molar-refractivity contribution is 5.77. The summed E-state index contributed by atoms with van der Waals surface area (Å²) in [4.78, 5) is 12.1. The molecule has 3 rings (SSSR count). The van der Waals surface area contributed by atoms with Gasteiger partial charge in [0.2, 0.25) is 5.91 Å². The largest absolute Gasteiger partial charge is 0.356 e. The number of amides is 1. The molecule has 1 aromatic carbocycles. The van der Waals surface area contributed by atoms with Crippen LogP contribution in [0.1, 0.15) is 42.7 Å². The molecule has 1 atom stereocenters. The molecule has 3 nitrogen and oxygen atoms in total. The highest BCUT2D eigenvalue weighted by Crippen LogP contribution is 2.35. The Morgan fingerprint density at radius 2 is 2.00 bits per heavy atom. The molecule has 1 saturated heterocycles. The van der Waals surface area contributed by atoms with Crippen LogP contribution >= 0.6 is 0 Å². The average Bonchev–Trinajstić information content (AvgIpc) is 2.90. The Hall–Kier alpha value is -1.35. The van der Waals surface area contributed by atoms with Gasteiger partial charge >= 0.3 is 0 Å². The first-order valence-electron chi connectivity index (χ1n) is 7.88.